The summed E-state index contributed by atoms with van der Waals surface area (Å²) in [6.07, 6.45) is 3.13. The van der Waals surface area contributed by atoms with Crippen molar-refractivity contribution in [2.75, 3.05) is 12.3 Å². The number of hydrogen-bond acceptors (Lipinski definition) is 4. The number of nitrogens with two attached hydrogens (primary N) is 1. The zero-order valence-corrected chi connectivity index (χ0v) is 8.65. The normalized spacial score (nSPS) is 11.4. The van der Waals surface area contributed by atoms with E-state index >= 15 is 0 Å². The standard InChI is InChI=1S/C9H15N3O2/c1-4-14-8(13)9(2,3)12-5-7(10)11-6-12/h5-6H,4,10H2,1-3H3. The number of anilines is 1. The molecule has 78 valence electrons. The number of rotatable bonds is 3. The fourth-order valence-electron chi connectivity index (χ4n) is 1.06. The predicted molar refractivity (Wildman–Crippen MR) is 52.6 cm³/mol. The lowest BCUT2D eigenvalue weighted by atomic mass is 10.1. The molecule has 0 spiro atoms. The third-order valence-corrected chi connectivity index (χ3v) is 2.02. The van der Waals surface area contributed by atoms with Gasteiger partial charge >= 0.3 is 5.97 Å². The van der Waals surface area contributed by atoms with Gasteiger partial charge in [-0.3, -0.25) is 0 Å². The van der Waals surface area contributed by atoms with Crippen molar-refractivity contribution >= 4 is 11.8 Å². The molecule has 0 fully saturated rings. The molecule has 0 radical (unpaired) electrons. The molecular weight excluding hydrogens is 182 g/mol. The Morgan fingerprint density at radius 3 is 2.79 bits per heavy atom. The van der Waals surface area contributed by atoms with Crippen LogP contribution in [-0.4, -0.2) is 22.1 Å². The zero-order valence-electron chi connectivity index (χ0n) is 8.65. The molecule has 5 heteroatoms. The maximum Gasteiger partial charge on any atom is 0.331 e. The molecule has 2 N–H and O–H groups in total. The summed E-state index contributed by atoms with van der Waals surface area (Å²) >= 11 is 0. The lowest BCUT2D eigenvalue weighted by Gasteiger charge is -2.23. The van der Waals surface area contributed by atoms with Gasteiger partial charge in [-0.25, -0.2) is 9.78 Å². The quantitative estimate of drug-likeness (QED) is 0.726. The molecular formula is C9H15N3O2. The van der Waals surface area contributed by atoms with Gasteiger partial charge in [0.2, 0.25) is 0 Å². The van der Waals surface area contributed by atoms with Crippen molar-refractivity contribution in [2.24, 2.45) is 0 Å². The molecule has 14 heavy (non-hydrogen) atoms. The fraction of sp³-hybridized carbons (Fsp3) is 0.556. The molecule has 0 saturated heterocycles. The smallest absolute Gasteiger partial charge is 0.331 e. The predicted octanol–water partition coefficient (Wildman–Crippen LogP) is 0.763. The Labute approximate surface area is 82.9 Å². The average molecular weight is 197 g/mol. The van der Waals surface area contributed by atoms with Gasteiger partial charge < -0.3 is 15.0 Å². The number of imidazole rings is 1. The van der Waals surface area contributed by atoms with E-state index in [1.165, 1.54) is 6.33 Å². The zero-order chi connectivity index (χ0) is 10.8. The van der Waals surface area contributed by atoms with E-state index in [-0.39, 0.29) is 5.97 Å². The molecule has 0 aliphatic carbocycles. The van der Waals surface area contributed by atoms with E-state index in [1.54, 1.807) is 31.5 Å². The second-order valence-corrected chi connectivity index (χ2v) is 3.49. The molecule has 0 amide bonds. The van der Waals surface area contributed by atoms with E-state index in [0.717, 1.165) is 0 Å². The molecule has 0 aliphatic heterocycles. The molecule has 0 atom stereocenters. The van der Waals surface area contributed by atoms with E-state index < -0.39 is 5.54 Å². The van der Waals surface area contributed by atoms with Gasteiger partial charge in [0.25, 0.3) is 0 Å². The molecule has 1 aromatic rings. The number of carbonyl (C=O) groups excluding carboxylic acids is 1. The van der Waals surface area contributed by atoms with Crippen molar-refractivity contribution in [1.82, 2.24) is 9.55 Å². The molecule has 0 saturated carbocycles. The largest absolute Gasteiger partial charge is 0.464 e. The Bertz CT molecular complexity index is 331. The summed E-state index contributed by atoms with van der Waals surface area (Å²) in [7, 11) is 0. The minimum absolute atomic E-state index is 0.294. The second kappa shape index (κ2) is 3.69. The van der Waals surface area contributed by atoms with Crippen LogP contribution in [0.15, 0.2) is 12.5 Å². The first-order chi connectivity index (χ1) is 6.48. The lowest BCUT2D eigenvalue weighted by Crippen LogP contribution is -2.36. The van der Waals surface area contributed by atoms with Gasteiger partial charge in [0.05, 0.1) is 12.9 Å². The molecule has 5 nitrogen and oxygen atoms in total. The Morgan fingerprint density at radius 2 is 2.36 bits per heavy atom. The van der Waals surface area contributed by atoms with Gasteiger partial charge in [-0.15, -0.1) is 0 Å². The first-order valence-electron chi connectivity index (χ1n) is 4.45. The SMILES string of the molecule is CCOC(=O)C(C)(C)n1cnc(N)c1. The molecule has 0 aromatic carbocycles. The number of nitrogens with zero attached hydrogens (tertiary/aromatic N) is 2. The van der Waals surface area contributed by atoms with Crippen LogP contribution in [0.5, 0.6) is 0 Å². The van der Waals surface area contributed by atoms with Crippen molar-refractivity contribution in [3.05, 3.63) is 12.5 Å². The number of hydrogen-bond donors (Lipinski definition) is 1. The highest BCUT2D eigenvalue weighted by Gasteiger charge is 2.30. The van der Waals surface area contributed by atoms with Crippen LogP contribution in [0.25, 0.3) is 0 Å². The number of ether oxygens (including phenoxy) is 1. The van der Waals surface area contributed by atoms with Crippen LogP contribution < -0.4 is 5.73 Å². The van der Waals surface area contributed by atoms with Crippen molar-refractivity contribution in [3.63, 3.8) is 0 Å². The first-order valence-corrected chi connectivity index (χ1v) is 4.45. The number of nitrogen functional groups attached to an aromatic ring is 1. The number of carbonyl (C=O) groups is 1. The van der Waals surface area contributed by atoms with Crippen molar-refractivity contribution in [1.29, 1.82) is 0 Å². The van der Waals surface area contributed by atoms with Gasteiger partial charge in [0.15, 0.2) is 0 Å². The maximum absolute atomic E-state index is 11.6. The third-order valence-electron chi connectivity index (χ3n) is 2.02. The summed E-state index contributed by atoms with van der Waals surface area (Å²) in [5.41, 5.74) is 4.70. The fourth-order valence-corrected chi connectivity index (χ4v) is 1.06. The van der Waals surface area contributed by atoms with E-state index in [9.17, 15) is 4.79 Å². The van der Waals surface area contributed by atoms with E-state index in [2.05, 4.69) is 4.98 Å². The first kappa shape index (κ1) is 10.6. The summed E-state index contributed by atoms with van der Waals surface area (Å²) in [6.45, 7) is 5.65. The highest BCUT2D eigenvalue weighted by atomic mass is 16.5. The highest BCUT2D eigenvalue weighted by Crippen LogP contribution is 2.17. The summed E-state index contributed by atoms with van der Waals surface area (Å²) in [4.78, 5) is 15.4. The molecule has 0 aliphatic rings. The van der Waals surface area contributed by atoms with Crippen molar-refractivity contribution in [3.8, 4) is 0 Å². The van der Waals surface area contributed by atoms with Crippen LogP contribution in [-0.2, 0) is 15.1 Å². The molecule has 1 rings (SSSR count). The van der Waals surface area contributed by atoms with Crippen molar-refractivity contribution < 1.29 is 9.53 Å². The average Bonchev–Trinajstić information content (AvgIpc) is 2.52. The molecule has 0 bridgehead atoms. The number of aromatic nitrogens is 2. The summed E-state index contributed by atoms with van der Waals surface area (Å²) < 4.78 is 6.58. The van der Waals surface area contributed by atoms with Crippen molar-refractivity contribution in [2.45, 2.75) is 26.3 Å². The Balaban J connectivity index is 2.89. The minimum Gasteiger partial charge on any atom is -0.464 e. The summed E-state index contributed by atoms with van der Waals surface area (Å²) in [5.74, 6) is 0.0970. The summed E-state index contributed by atoms with van der Waals surface area (Å²) in [5, 5.41) is 0. The van der Waals surface area contributed by atoms with E-state index in [4.69, 9.17) is 10.5 Å². The highest BCUT2D eigenvalue weighted by molar-refractivity contribution is 5.77. The third kappa shape index (κ3) is 1.86. The Morgan fingerprint density at radius 1 is 1.71 bits per heavy atom. The van der Waals surface area contributed by atoms with E-state index in [1.807, 2.05) is 0 Å². The monoisotopic (exact) mass is 197 g/mol. The second-order valence-electron chi connectivity index (χ2n) is 3.49. The number of esters is 1. The van der Waals surface area contributed by atoms with Crippen LogP contribution >= 0.6 is 0 Å². The lowest BCUT2D eigenvalue weighted by molar-refractivity contribution is -0.152. The summed E-state index contributed by atoms with van der Waals surface area (Å²) in [6, 6.07) is 0. The van der Waals surface area contributed by atoms with Crippen LogP contribution in [0, 0.1) is 0 Å². The van der Waals surface area contributed by atoms with Gasteiger partial charge in [-0.05, 0) is 20.8 Å². The van der Waals surface area contributed by atoms with E-state index in [0.29, 0.717) is 12.4 Å². The van der Waals surface area contributed by atoms with Gasteiger partial charge in [0, 0.05) is 6.20 Å². The maximum atomic E-state index is 11.6. The molecule has 1 aromatic heterocycles. The van der Waals surface area contributed by atoms with Crippen LogP contribution in [0.2, 0.25) is 0 Å². The van der Waals surface area contributed by atoms with Crippen LogP contribution in [0.3, 0.4) is 0 Å². The Hall–Kier alpha value is -1.52. The topological polar surface area (TPSA) is 70.1 Å². The van der Waals surface area contributed by atoms with Gasteiger partial charge in [-0.1, -0.05) is 0 Å². The van der Waals surface area contributed by atoms with Gasteiger partial charge in [0.1, 0.15) is 11.4 Å². The minimum atomic E-state index is -0.763. The van der Waals surface area contributed by atoms with Crippen LogP contribution in [0.4, 0.5) is 5.82 Å². The van der Waals surface area contributed by atoms with Gasteiger partial charge in [-0.2, -0.15) is 0 Å². The van der Waals surface area contributed by atoms with Crippen LogP contribution in [0.1, 0.15) is 20.8 Å². The molecule has 1 heterocycles. The Kier molecular flexibility index (Phi) is 2.78. The molecule has 0 unspecified atom stereocenters.